The van der Waals surface area contributed by atoms with Crippen LogP contribution < -0.4 is 5.56 Å². The number of aromatic nitrogens is 2. The second kappa shape index (κ2) is 6.04. The van der Waals surface area contributed by atoms with Gasteiger partial charge in [-0.25, -0.2) is 9.78 Å². The first-order valence-electron chi connectivity index (χ1n) is 7.49. The maximum atomic E-state index is 12.4. The first kappa shape index (κ1) is 15.0. The molecular weight excluding hydrogens is 300 g/mol. The van der Waals surface area contributed by atoms with Gasteiger partial charge in [0, 0.05) is 17.5 Å². The summed E-state index contributed by atoms with van der Waals surface area (Å²) in [6.07, 6.45) is 7.63. The number of hydrogen-bond donors (Lipinski definition) is 1. The Bertz CT molecular complexity index is 757. The van der Waals surface area contributed by atoms with Gasteiger partial charge in [-0.2, -0.15) is 0 Å². The average Bonchev–Trinajstić information content (AvgIpc) is 2.97. The minimum Gasteiger partial charge on any atom is -0.477 e. The summed E-state index contributed by atoms with van der Waals surface area (Å²) in [6, 6.07) is 1.65. The van der Waals surface area contributed by atoms with Gasteiger partial charge in [0.25, 0.3) is 5.56 Å². The van der Waals surface area contributed by atoms with Crippen molar-refractivity contribution >= 4 is 17.3 Å². The Morgan fingerprint density at radius 2 is 2.09 bits per heavy atom. The van der Waals surface area contributed by atoms with Crippen molar-refractivity contribution in [3.05, 3.63) is 44.8 Å². The number of nitrogens with zero attached hydrogens (tertiary/aromatic N) is 2. The molecule has 2 heterocycles. The molecule has 0 saturated heterocycles. The molecule has 116 valence electrons. The van der Waals surface area contributed by atoms with Gasteiger partial charge in [0.2, 0.25) is 0 Å². The molecule has 0 spiro atoms. The van der Waals surface area contributed by atoms with E-state index < -0.39 is 11.5 Å². The van der Waals surface area contributed by atoms with Crippen LogP contribution in [0.3, 0.4) is 0 Å². The first-order chi connectivity index (χ1) is 10.6. The second-order valence-corrected chi connectivity index (χ2v) is 6.58. The number of pyridine rings is 1. The predicted molar refractivity (Wildman–Crippen MR) is 85.2 cm³/mol. The highest BCUT2D eigenvalue weighted by atomic mass is 32.1. The van der Waals surface area contributed by atoms with Crippen LogP contribution in [0.4, 0.5) is 0 Å². The summed E-state index contributed by atoms with van der Waals surface area (Å²) in [4.78, 5) is 28.2. The molecule has 1 N–H and O–H groups in total. The molecule has 0 aromatic carbocycles. The van der Waals surface area contributed by atoms with E-state index in [2.05, 4.69) is 4.98 Å². The molecule has 2 aromatic heterocycles. The van der Waals surface area contributed by atoms with Crippen molar-refractivity contribution in [2.24, 2.45) is 0 Å². The number of carbonyl (C=O) groups is 1. The molecule has 1 aliphatic rings. The van der Waals surface area contributed by atoms with E-state index in [-0.39, 0.29) is 5.56 Å². The van der Waals surface area contributed by atoms with Crippen molar-refractivity contribution in [2.75, 3.05) is 0 Å². The molecule has 0 amide bonds. The summed E-state index contributed by atoms with van der Waals surface area (Å²) in [5.74, 6) is -0.722. The zero-order valence-electron chi connectivity index (χ0n) is 12.4. The van der Waals surface area contributed by atoms with E-state index in [1.54, 1.807) is 19.2 Å². The van der Waals surface area contributed by atoms with Gasteiger partial charge >= 0.3 is 5.97 Å². The lowest BCUT2D eigenvalue weighted by Crippen LogP contribution is -2.26. The van der Waals surface area contributed by atoms with E-state index in [1.165, 1.54) is 35.2 Å². The smallest absolute Gasteiger partial charge is 0.341 e. The van der Waals surface area contributed by atoms with Crippen LogP contribution in [-0.4, -0.2) is 20.6 Å². The zero-order chi connectivity index (χ0) is 15.7. The largest absolute Gasteiger partial charge is 0.477 e. The van der Waals surface area contributed by atoms with E-state index in [1.807, 2.05) is 5.38 Å². The van der Waals surface area contributed by atoms with Crippen LogP contribution in [0, 0.1) is 6.92 Å². The van der Waals surface area contributed by atoms with E-state index in [4.69, 9.17) is 0 Å². The molecule has 2 aromatic rings. The Labute approximate surface area is 132 Å². The molecule has 1 fully saturated rings. The Balaban J connectivity index is 1.98. The fourth-order valence-electron chi connectivity index (χ4n) is 3.01. The Morgan fingerprint density at radius 1 is 1.36 bits per heavy atom. The van der Waals surface area contributed by atoms with Gasteiger partial charge in [-0.05, 0) is 31.4 Å². The van der Waals surface area contributed by atoms with Crippen molar-refractivity contribution in [3.63, 3.8) is 0 Å². The minimum atomic E-state index is -1.19. The number of carboxylic acids is 1. The van der Waals surface area contributed by atoms with Gasteiger partial charge in [0.15, 0.2) is 5.13 Å². The normalized spacial score (nSPS) is 15.9. The fourth-order valence-corrected chi connectivity index (χ4v) is 3.90. The Hall–Kier alpha value is -1.95. The summed E-state index contributed by atoms with van der Waals surface area (Å²) in [5, 5.41) is 11.7. The van der Waals surface area contributed by atoms with Crippen molar-refractivity contribution in [1.29, 1.82) is 0 Å². The summed E-state index contributed by atoms with van der Waals surface area (Å²) < 4.78 is 1.34. The summed E-state index contributed by atoms with van der Waals surface area (Å²) in [5.41, 5.74) is 0.802. The van der Waals surface area contributed by atoms with Crippen LogP contribution in [0.25, 0.3) is 5.13 Å². The van der Waals surface area contributed by atoms with E-state index in [0.717, 1.165) is 18.5 Å². The third-order valence-corrected chi connectivity index (χ3v) is 5.11. The lowest BCUT2D eigenvalue weighted by atomic mass is 9.87. The SMILES string of the molecule is Cc1ccn(-c2nc(C3CCCCC3)cs2)c(=O)c1C(=O)O. The highest BCUT2D eigenvalue weighted by molar-refractivity contribution is 7.12. The number of thiazole rings is 1. The van der Waals surface area contributed by atoms with Gasteiger partial charge in [0.1, 0.15) is 5.56 Å². The lowest BCUT2D eigenvalue weighted by molar-refractivity contribution is 0.0694. The first-order valence-corrected chi connectivity index (χ1v) is 8.37. The van der Waals surface area contributed by atoms with Crippen LogP contribution in [0.2, 0.25) is 0 Å². The number of aromatic carboxylic acids is 1. The molecule has 1 saturated carbocycles. The number of aryl methyl sites for hydroxylation is 1. The lowest BCUT2D eigenvalue weighted by Gasteiger charge is -2.19. The Morgan fingerprint density at radius 3 is 2.77 bits per heavy atom. The standard InChI is InChI=1S/C16H18N2O3S/c1-10-7-8-18(14(19)13(10)15(20)21)16-17-12(9-22-16)11-5-3-2-4-6-11/h7-9,11H,2-6H2,1H3,(H,20,21). The molecule has 0 bridgehead atoms. The molecular formula is C16H18N2O3S. The van der Waals surface area contributed by atoms with Crippen molar-refractivity contribution in [1.82, 2.24) is 9.55 Å². The van der Waals surface area contributed by atoms with Crippen molar-refractivity contribution in [2.45, 2.75) is 44.9 Å². The molecule has 0 atom stereocenters. The molecule has 22 heavy (non-hydrogen) atoms. The molecule has 0 aliphatic heterocycles. The summed E-state index contributed by atoms with van der Waals surface area (Å²) in [7, 11) is 0. The molecule has 0 radical (unpaired) electrons. The van der Waals surface area contributed by atoms with Gasteiger partial charge in [-0.1, -0.05) is 19.3 Å². The van der Waals surface area contributed by atoms with Crippen molar-refractivity contribution in [3.8, 4) is 5.13 Å². The second-order valence-electron chi connectivity index (χ2n) is 5.74. The quantitative estimate of drug-likeness (QED) is 0.942. The monoisotopic (exact) mass is 318 g/mol. The van der Waals surface area contributed by atoms with Crippen LogP contribution in [0.1, 0.15) is 59.6 Å². The van der Waals surface area contributed by atoms with E-state index >= 15 is 0 Å². The number of carboxylic acid groups (broad SMARTS) is 1. The zero-order valence-corrected chi connectivity index (χ0v) is 13.2. The maximum absolute atomic E-state index is 12.4. The predicted octanol–water partition coefficient (Wildman–Crippen LogP) is 3.35. The molecule has 6 heteroatoms. The summed E-state index contributed by atoms with van der Waals surface area (Å²) in [6.45, 7) is 1.63. The summed E-state index contributed by atoms with van der Waals surface area (Å²) >= 11 is 1.40. The van der Waals surface area contributed by atoms with Gasteiger partial charge in [-0.3, -0.25) is 9.36 Å². The average molecular weight is 318 g/mol. The third kappa shape index (κ3) is 2.70. The maximum Gasteiger partial charge on any atom is 0.341 e. The van der Waals surface area contributed by atoms with Crippen LogP contribution >= 0.6 is 11.3 Å². The van der Waals surface area contributed by atoms with Crippen molar-refractivity contribution < 1.29 is 9.90 Å². The fraction of sp³-hybridized carbons (Fsp3) is 0.438. The van der Waals surface area contributed by atoms with Crippen LogP contribution in [0.5, 0.6) is 0 Å². The third-order valence-electron chi connectivity index (χ3n) is 4.25. The van der Waals surface area contributed by atoms with E-state index in [0.29, 0.717) is 16.6 Å². The molecule has 5 nitrogen and oxygen atoms in total. The van der Waals surface area contributed by atoms with Gasteiger partial charge in [0.05, 0.1) is 5.69 Å². The highest BCUT2D eigenvalue weighted by Gasteiger charge is 2.20. The number of rotatable bonds is 3. The topological polar surface area (TPSA) is 72.2 Å². The minimum absolute atomic E-state index is 0.183. The number of hydrogen-bond acceptors (Lipinski definition) is 4. The molecule has 3 rings (SSSR count). The molecule has 1 aliphatic carbocycles. The van der Waals surface area contributed by atoms with Gasteiger partial charge in [-0.15, -0.1) is 11.3 Å². The Kier molecular flexibility index (Phi) is 4.11. The van der Waals surface area contributed by atoms with Gasteiger partial charge < -0.3 is 5.11 Å². The van der Waals surface area contributed by atoms with Crippen LogP contribution in [0.15, 0.2) is 22.4 Å². The molecule has 0 unspecified atom stereocenters. The highest BCUT2D eigenvalue weighted by Crippen LogP contribution is 2.33. The van der Waals surface area contributed by atoms with Crippen LogP contribution in [-0.2, 0) is 0 Å². The van der Waals surface area contributed by atoms with E-state index in [9.17, 15) is 14.7 Å².